The van der Waals surface area contributed by atoms with Crippen LogP contribution >= 0.6 is 11.6 Å². The molecule has 0 aliphatic rings. The number of benzene rings is 1. The van der Waals surface area contributed by atoms with Crippen LogP contribution in [0.15, 0.2) is 47.1 Å². The van der Waals surface area contributed by atoms with Gasteiger partial charge in [-0.1, -0.05) is 23.7 Å². The standard InChI is InChI=1S/C15H10ClNO2/c1-9-8-17-6-5-11(9)14(18)13-7-10-3-2-4-12(16)15(10)19-13/h2-8H,1H3. The van der Waals surface area contributed by atoms with Gasteiger partial charge < -0.3 is 4.42 Å². The minimum atomic E-state index is -0.160. The molecule has 2 heterocycles. The van der Waals surface area contributed by atoms with E-state index >= 15 is 0 Å². The van der Waals surface area contributed by atoms with E-state index in [2.05, 4.69) is 4.98 Å². The van der Waals surface area contributed by atoms with Crippen molar-refractivity contribution in [3.05, 3.63) is 64.6 Å². The van der Waals surface area contributed by atoms with Crippen molar-refractivity contribution < 1.29 is 9.21 Å². The summed E-state index contributed by atoms with van der Waals surface area (Å²) >= 11 is 6.04. The third kappa shape index (κ3) is 2.02. The Morgan fingerprint density at radius 2 is 2.16 bits per heavy atom. The van der Waals surface area contributed by atoms with Crippen molar-refractivity contribution in [3.63, 3.8) is 0 Å². The summed E-state index contributed by atoms with van der Waals surface area (Å²) < 4.78 is 5.57. The van der Waals surface area contributed by atoms with E-state index in [1.165, 1.54) is 0 Å². The lowest BCUT2D eigenvalue weighted by Crippen LogP contribution is -2.02. The number of aryl methyl sites for hydroxylation is 1. The van der Waals surface area contributed by atoms with E-state index in [0.29, 0.717) is 16.2 Å². The number of carbonyl (C=O) groups is 1. The predicted molar refractivity (Wildman–Crippen MR) is 73.6 cm³/mol. The number of furan rings is 1. The van der Waals surface area contributed by atoms with E-state index in [-0.39, 0.29) is 11.5 Å². The van der Waals surface area contributed by atoms with Gasteiger partial charge >= 0.3 is 0 Å². The molecule has 0 saturated carbocycles. The molecule has 0 radical (unpaired) electrons. The van der Waals surface area contributed by atoms with Crippen LogP contribution in [0.2, 0.25) is 5.02 Å². The summed E-state index contributed by atoms with van der Waals surface area (Å²) in [5, 5.41) is 1.32. The van der Waals surface area contributed by atoms with Crippen LogP contribution in [0.3, 0.4) is 0 Å². The number of rotatable bonds is 2. The van der Waals surface area contributed by atoms with Gasteiger partial charge in [-0.15, -0.1) is 0 Å². The molecule has 1 aromatic carbocycles. The van der Waals surface area contributed by atoms with Gasteiger partial charge in [0.25, 0.3) is 0 Å². The van der Waals surface area contributed by atoms with Crippen molar-refractivity contribution in [3.8, 4) is 0 Å². The molecule has 3 aromatic rings. The lowest BCUT2D eigenvalue weighted by Gasteiger charge is -2.00. The van der Waals surface area contributed by atoms with Crippen molar-refractivity contribution in [2.45, 2.75) is 6.92 Å². The number of fused-ring (bicyclic) bond motifs is 1. The van der Waals surface area contributed by atoms with Crippen LogP contribution in [0.4, 0.5) is 0 Å². The Kier molecular flexibility index (Phi) is 2.84. The molecule has 94 valence electrons. The Morgan fingerprint density at radius 3 is 2.89 bits per heavy atom. The number of aromatic nitrogens is 1. The third-order valence-electron chi connectivity index (χ3n) is 2.98. The van der Waals surface area contributed by atoms with Crippen molar-refractivity contribution in [2.24, 2.45) is 0 Å². The summed E-state index contributed by atoms with van der Waals surface area (Å²) in [4.78, 5) is 16.4. The number of pyridine rings is 1. The van der Waals surface area contributed by atoms with Crippen LogP contribution in [-0.4, -0.2) is 10.8 Å². The average molecular weight is 272 g/mol. The van der Waals surface area contributed by atoms with Crippen LogP contribution in [0.1, 0.15) is 21.7 Å². The van der Waals surface area contributed by atoms with Crippen LogP contribution in [-0.2, 0) is 0 Å². The molecule has 0 aliphatic heterocycles. The summed E-state index contributed by atoms with van der Waals surface area (Å²) in [5.74, 6) is 0.129. The molecule has 3 rings (SSSR count). The van der Waals surface area contributed by atoms with Crippen molar-refractivity contribution in [1.82, 2.24) is 4.98 Å². The first-order valence-electron chi connectivity index (χ1n) is 5.80. The van der Waals surface area contributed by atoms with Gasteiger partial charge in [-0.2, -0.15) is 0 Å². The average Bonchev–Trinajstić information content (AvgIpc) is 2.84. The van der Waals surface area contributed by atoms with Gasteiger partial charge in [0.05, 0.1) is 5.02 Å². The zero-order valence-corrected chi connectivity index (χ0v) is 10.9. The molecule has 0 bridgehead atoms. The highest BCUT2D eigenvalue weighted by Crippen LogP contribution is 2.28. The molecule has 0 saturated heterocycles. The maximum absolute atomic E-state index is 12.4. The lowest BCUT2D eigenvalue weighted by atomic mass is 10.1. The number of ketones is 1. The molecule has 4 heteroatoms. The van der Waals surface area contributed by atoms with Gasteiger partial charge in [0.15, 0.2) is 11.3 Å². The van der Waals surface area contributed by atoms with Crippen LogP contribution < -0.4 is 0 Å². The van der Waals surface area contributed by atoms with Crippen molar-refractivity contribution in [2.75, 3.05) is 0 Å². The largest absolute Gasteiger partial charge is 0.451 e. The quantitative estimate of drug-likeness (QED) is 0.661. The molecule has 3 nitrogen and oxygen atoms in total. The first-order valence-corrected chi connectivity index (χ1v) is 6.18. The zero-order chi connectivity index (χ0) is 13.4. The number of halogens is 1. The summed E-state index contributed by atoms with van der Waals surface area (Å²) in [6.07, 6.45) is 3.25. The Bertz CT molecular complexity index is 777. The van der Waals surface area contributed by atoms with Crippen LogP contribution in [0.25, 0.3) is 11.0 Å². The molecular weight excluding hydrogens is 262 g/mol. The number of hydrogen-bond acceptors (Lipinski definition) is 3. The van der Waals surface area contributed by atoms with Gasteiger partial charge in [-0.3, -0.25) is 9.78 Å². The van der Waals surface area contributed by atoms with E-state index in [9.17, 15) is 4.79 Å². The van der Waals surface area contributed by atoms with Gasteiger partial charge in [-0.25, -0.2) is 0 Å². The Labute approximate surface area is 114 Å². The molecule has 0 aliphatic carbocycles. The fourth-order valence-corrected chi connectivity index (χ4v) is 2.22. The van der Waals surface area contributed by atoms with Crippen molar-refractivity contribution >= 4 is 28.4 Å². The second kappa shape index (κ2) is 4.52. The molecule has 0 atom stereocenters. The fraction of sp³-hybridized carbons (Fsp3) is 0.0667. The monoisotopic (exact) mass is 271 g/mol. The smallest absolute Gasteiger partial charge is 0.228 e. The molecule has 0 amide bonds. The number of hydrogen-bond donors (Lipinski definition) is 0. The highest BCUT2D eigenvalue weighted by molar-refractivity contribution is 6.35. The highest BCUT2D eigenvalue weighted by atomic mass is 35.5. The Balaban J connectivity index is 2.12. The molecular formula is C15H10ClNO2. The third-order valence-corrected chi connectivity index (χ3v) is 3.28. The normalized spacial score (nSPS) is 10.8. The maximum atomic E-state index is 12.4. The van der Waals surface area contributed by atoms with E-state index in [4.69, 9.17) is 16.0 Å². The van der Waals surface area contributed by atoms with E-state index in [1.54, 1.807) is 30.6 Å². The highest BCUT2D eigenvalue weighted by Gasteiger charge is 2.17. The minimum Gasteiger partial charge on any atom is -0.451 e. The number of para-hydroxylation sites is 1. The van der Waals surface area contributed by atoms with Gasteiger partial charge in [0, 0.05) is 23.3 Å². The zero-order valence-electron chi connectivity index (χ0n) is 10.2. The van der Waals surface area contributed by atoms with Crippen molar-refractivity contribution in [1.29, 1.82) is 0 Å². The second-order valence-corrected chi connectivity index (χ2v) is 4.70. The molecule has 2 aromatic heterocycles. The Morgan fingerprint density at radius 1 is 1.32 bits per heavy atom. The Hall–Kier alpha value is -2.13. The fourth-order valence-electron chi connectivity index (χ4n) is 2.00. The molecule has 0 spiro atoms. The maximum Gasteiger partial charge on any atom is 0.228 e. The number of carbonyl (C=O) groups excluding carboxylic acids is 1. The van der Waals surface area contributed by atoms with E-state index in [0.717, 1.165) is 10.9 Å². The van der Waals surface area contributed by atoms with Gasteiger partial charge in [0.1, 0.15) is 0 Å². The van der Waals surface area contributed by atoms with E-state index in [1.807, 2.05) is 19.1 Å². The molecule has 0 fully saturated rings. The first-order chi connectivity index (χ1) is 9.16. The number of nitrogens with zero attached hydrogens (tertiary/aromatic N) is 1. The molecule has 0 unspecified atom stereocenters. The van der Waals surface area contributed by atoms with E-state index < -0.39 is 0 Å². The predicted octanol–water partition coefficient (Wildman–Crippen LogP) is 4.02. The SMILES string of the molecule is Cc1cnccc1C(=O)c1cc2cccc(Cl)c2o1. The summed E-state index contributed by atoms with van der Waals surface area (Å²) in [5.41, 5.74) is 1.95. The van der Waals surface area contributed by atoms with Crippen LogP contribution in [0, 0.1) is 6.92 Å². The topological polar surface area (TPSA) is 43.1 Å². The first kappa shape index (κ1) is 11.9. The summed E-state index contributed by atoms with van der Waals surface area (Å²) in [6.45, 7) is 1.84. The summed E-state index contributed by atoms with van der Waals surface area (Å²) in [6, 6.07) is 8.82. The van der Waals surface area contributed by atoms with Crippen LogP contribution in [0.5, 0.6) is 0 Å². The lowest BCUT2D eigenvalue weighted by molar-refractivity contribution is 0.101. The summed E-state index contributed by atoms with van der Waals surface area (Å²) in [7, 11) is 0. The molecule has 19 heavy (non-hydrogen) atoms. The van der Waals surface area contributed by atoms with Gasteiger partial charge in [0.2, 0.25) is 5.78 Å². The molecule has 0 N–H and O–H groups in total. The van der Waals surface area contributed by atoms with Gasteiger partial charge in [-0.05, 0) is 30.7 Å². The second-order valence-electron chi connectivity index (χ2n) is 4.29. The minimum absolute atomic E-state index is 0.160.